The summed E-state index contributed by atoms with van der Waals surface area (Å²) in [6.45, 7) is 3.43. The molecule has 1 aliphatic heterocycles. The van der Waals surface area contributed by atoms with E-state index in [9.17, 15) is 5.11 Å². The summed E-state index contributed by atoms with van der Waals surface area (Å²) in [5.74, 6) is 1.61. The lowest BCUT2D eigenvalue weighted by Crippen LogP contribution is -2.39. The van der Waals surface area contributed by atoms with Gasteiger partial charge in [0.15, 0.2) is 11.5 Å². The highest BCUT2D eigenvalue weighted by Gasteiger charge is 2.21. The molecule has 1 aliphatic rings. The fourth-order valence-corrected chi connectivity index (χ4v) is 2.55. The summed E-state index contributed by atoms with van der Waals surface area (Å²) >= 11 is 0. The van der Waals surface area contributed by atoms with E-state index >= 15 is 0 Å². The van der Waals surface area contributed by atoms with Crippen molar-refractivity contribution in [3.8, 4) is 11.5 Å². The molecule has 2 unspecified atom stereocenters. The van der Waals surface area contributed by atoms with E-state index in [0.717, 1.165) is 22.6 Å². The second kappa shape index (κ2) is 6.81. The van der Waals surface area contributed by atoms with Gasteiger partial charge < -0.3 is 19.9 Å². The number of nitrogens with one attached hydrogen (secondary N) is 1. The van der Waals surface area contributed by atoms with Crippen molar-refractivity contribution in [1.82, 2.24) is 5.32 Å². The Morgan fingerprint density at radius 1 is 1.18 bits per heavy atom. The van der Waals surface area contributed by atoms with E-state index in [1.807, 2.05) is 42.5 Å². The number of benzene rings is 2. The van der Waals surface area contributed by atoms with Gasteiger partial charge in [-0.25, -0.2) is 0 Å². The number of aliphatic hydroxyl groups is 1. The maximum Gasteiger partial charge on any atom is 0.161 e. The monoisotopic (exact) mass is 299 g/mol. The fraction of sp³-hybridized carbons (Fsp3) is 0.333. The van der Waals surface area contributed by atoms with Gasteiger partial charge in [-0.05, 0) is 30.2 Å². The molecular weight excluding hydrogens is 278 g/mol. The summed E-state index contributed by atoms with van der Waals surface area (Å²) in [7, 11) is 0. The quantitative estimate of drug-likeness (QED) is 0.891. The highest BCUT2D eigenvalue weighted by Crippen LogP contribution is 2.30. The molecule has 0 saturated heterocycles. The van der Waals surface area contributed by atoms with Crippen molar-refractivity contribution in [1.29, 1.82) is 0 Å². The molecule has 4 nitrogen and oxygen atoms in total. The van der Waals surface area contributed by atoms with Crippen LogP contribution in [0.5, 0.6) is 11.5 Å². The van der Waals surface area contributed by atoms with Gasteiger partial charge in [-0.3, -0.25) is 0 Å². The molecule has 2 aromatic carbocycles. The van der Waals surface area contributed by atoms with Crippen molar-refractivity contribution < 1.29 is 14.6 Å². The first-order valence-corrected chi connectivity index (χ1v) is 7.58. The molecule has 0 bridgehead atoms. The predicted molar refractivity (Wildman–Crippen MR) is 85.1 cm³/mol. The van der Waals surface area contributed by atoms with Gasteiger partial charge >= 0.3 is 0 Å². The van der Waals surface area contributed by atoms with Crippen molar-refractivity contribution in [2.45, 2.75) is 25.7 Å². The third kappa shape index (κ3) is 3.40. The molecule has 0 amide bonds. The highest BCUT2D eigenvalue weighted by molar-refractivity contribution is 5.40. The van der Waals surface area contributed by atoms with Crippen LogP contribution in [0.3, 0.4) is 0 Å². The lowest BCUT2D eigenvalue weighted by molar-refractivity contribution is 0.0886. The highest BCUT2D eigenvalue weighted by atomic mass is 16.6. The summed E-state index contributed by atoms with van der Waals surface area (Å²) < 4.78 is 11.6. The largest absolute Gasteiger partial charge is 0.486 e. The summed E-state index contributed by atoms with van der Waals surface area (Å²) in [6, 6.07) is 15.9. The van der Waals surface area contributed by atoms with Crippen molar-refractivity contribution in [3.63, 3.8) is 0 Å². The number of fused-ring (bicyclic) bond motifs is 1. The molecule has 4 heteroatoms. The van der Waals surface area contributed by atoms with Crippen LogP contribution in [-0.4, -0.2) is 24.4 Å². The Bertz CT molecular complexity index is 629. The number of aliphatic hydroxyl groups excluding tert-OH is 1. The van der Waals surface area contributed by atoms with Crippen LogP contribution in [0, 0.1) is 0 Å². The van der Waals surface area contributed by atoms with Crippen LogP contribution in [0.25, 0.3) is 0 Å². The van der Waals surface area contributed by atoms with Crippen LogP contribution in [0.4, 0.5) is 0 Å². The Balaban J connectivity index is 1.56. The van der Waals surface area contributed by atoms with Crippen molar-refractivity contribution >= 4 is 0 Å². The zero-order valence-electron chi connectivity index (χ0n) is 12.7. The van der Waals surface area contributed by atoms with Crippen LogP contribution in [0.15, 0.2) is 48.5 Å². The Morgan fingerprint density at radius 3 is 2.82 bits per heavy atom. The molecule has 0 aliphatic carbocycles. The fourth-order valence-electron chi connectivity index (χ4n) is 2.55. The number of rotatable bonds is 5. The molecule has 1 heterocycles. The first-order valence-electron chi connectivity index (χ1n) is 7.58. The molecule has 2 N–H and O–H groups in total. The van der Waals surface area contributed by atoms with E-state index in [2.05, 4.69) is 18.3 Å². The molecule has 0 spiro atoms. The van der Waals surface area contributed by atoms with Gasteiger partial charge in [-0.15, -0.1) is 0 Å². The summed E-state index contributed by atoms with van der Waals surface area (Å²) in [6.07, 6.45) is -0.00151. The van der Waals surface area contributed by atoms with Gasteiger partial charge in [0.25, 0.3) is 0 Å². The van der Waals surface area contributed by atoms with Crippen LogP contribution >= 0.6 is 0 Å². The molecule has 22 heavy (non-hydrogen) atoms. The van der Waals surface area contributed by atoms with E-state index in [-0.39, 0.29) is 18.8 Å². The molecule has 0 saturated carbocycles. The molecule has 2 atom stereocenters. The minimum absolute atomic E-state index is 0.00151. The maximum atomic E-state index is 9.21. The topological polar surface area (TPSA) is 50.7 Å². The molecule has 0 aromatic heterocycles. The molecule has 116 valence electrons. The Morgan fingerprint density at radius 2 is 2.00 bits per heavy atom. The van der Waals surface area contributed by atoms with Crippen LogP contribution in [0.2, 0.25) is 0 Å². The Kier molecular flexibility index (Phi) is 4.61. The average Bonchev–Trinajstić information content (AvgIpc) is 2.59. The van der Waals surface area contributed by atoms with E-state index in [4.69, 9.17) is 9.47 Å². The van der Waals surface area contributed by atoms with Crippen LogP contribution in [-0.2, 0) is 6.61 Å². The van der Waals surface area contributed by atoms with Gasteiger partial charge in [0.1, 0.15) is 12.7 Å². The van der Waals surface area contributed by atoms with E-state index in [1.54, 1.807) is 0 Å². The zero-order chi connectivity index (χ0) is 15.4. The molecule has 0 fully saturated rings. The van der Waals surface area contributed by atoms with Crippen molar-refractivity contribution in [3.05, 3.63) is 59.7 Å². The lowest BCUT2D eigenvalue weighted by Gasteiger charge is -2.27. The Hall–Kier alpha value is -2.04. The van der Waals surface area contributed by atoms with E-state index < -0.39 is 0 Å². The van der Waals surface area contributed by atoms with Crippen LogP contribution in [0.1, 0.15) is 24.1 Å². The smallest absolute Gasteiger partial charge is 0.161 e. The average molecular weight is 299 g/mol. The first kappa shape index (κ1) is 14.9. The molecule has 0 radical (unpaired) electrons. The predicted octanol–water partition coefficient (Wildman–Crippen LogP) is 2.67. The number of hydrogen-bond donors (Lipinski definition) is 2. The minimum atomic E-state index is -0.00151. The molecular formula is C18H21NO3. The summed E-state index contributed by atoms with van der Waals surface area (Å²) in [5, 5.41) is 12.7. The number of hydrogen-bond acceptors (Lipinski definition) is 4. The molecule has 2 aromatic rings. The van der Waals surface area contributed by atoms with Crippen molar-refractivity contribution in [2.75, 3.05) is 13.2 Å². The zero-order valence-corrected chi connectivity index (χ0v) is 12.7. The Labute approximate surface area is 130 Å². The summed E-state index contributed by atoms with van der Waals surface area (Å²) in [5.41, 5.74) is 2.08. The summed E-state index contributed by atoms with van der Waals surface area (Å²) in [4.78, 5) is 0. The van der Waals surface area contributed by atoms with Gasteiger partial charge in [-0.1, -0.05) is 36.4 Å². The van der Waals surface area contributed by atoms with Gasteiger partial charge in [0.05, 0.1) is 6.61 Å². The second-order valence-corrected chi connectivity index (χ2v) is 5.53. The SMILES string of the molecule is CC(NCC1COc2ccccc2O1)c1cccc(CO)c1. The van der Waals surface area contributed by atoms with Gasteiger partial charge in [0, 0.05) is 12.6 Å². The second-order valence-electron chi connectivity index (χ2n) is 5.53. The van der Waals surface area contributed by atoms with E-state index in [1.165, 1.54) is 0 Å². The normalized spacial score (nSPS) is 18.0. The number of para-hydroxylation sites is 2. The third-order valence-electron chi connectivity index (χ3n) is 3.85. The minimum Gasteiger partial charge on any atom is -0.486 e. The van der Waals surface area contributed by atoms with Crippen LogP contribution < -0.4 is 14.8 Å². The van der Waals surface area contributed by atoms with Gasteiger partial charge in [0.2, 0.25) is 0 Å². The standard InChI is InChI=1S/C18H21NO3/c1-13(15-6-4-5-14(9-15)11-20)19-10-16-12-21-17-7-2-3-8-18(17)22-16/h2-9,13,16,19-20H,10-12H2,1H3. The number of ether oxygens (including phenoxy) is 2. The maximum absolute atomic E-state index is 9.21. The third-order valence-corrected chi connectivity index (χ3v) is 3.85. The van der Waals surface area contributed by atoms with E-state index in [0.29, 0.717) is 13.2 Å². The molecule has 3 rings (SSSR count). The van der Waals surface area contributed by atoms with Crippen molar-refractivity contribution in [2.24, 2.45) is 0 Å². The first-order chi connectivity index (χ1) is 10.8. The van der Waals surface area contributed by atoms with Gasteiger partial charge in [-0.2, -0.15) is 0 Å². The lowest BCUT2D eigenvalue weighted by atomic mass is 10.1.